The maximum absolute atomic E-state index is 5.77. The van der Waals surface area contributed by atoms with Gasteiger partial charge in [-0.1, -0.05) is 26.7 Å². The SMILES string of the molecule is CCC(CC)CNC(=NC)NCCCOCC1CCOCC1. The van der Waals surface area contributed by atoms with E-state index in [9.17, 15) is 0 Å². The smallest absolute Gasteiger partial charge is 0.190 e. The van der Waals surface area contributed by atoms with Crippen LogP contribution >= 0.6 is 0 Å². The monoisotopic (exact) mass is 313 g/mol. The summed E-state index contributed by atoms with van der Waals surface area (Å²) in [5.74, 6) is 2.31. The van der Waals surface area contributed by atoms with Crippen molar-refractivity contribution in [2.75, 3.05) is 46.6 Å². The van der Waals surface area contributed by atoms with E-state index in [1.54, 1.807) is 0 Å². The number of guanidine groups is 1. The number of hydrogen-bond donors (Lipinski definition) is 2. The van der Waals surface area contributed by atoms with Gasteiger partial charge in [-0.05, 0) is 31.1 Å². The number of nitrogens with one attached hydrogen (secondary N) is 2. The molecule has 0 radical (unpaired) electrons. The number of rotatable bonds is 10. The maximum atomic E-state index is 5.77. The van der Waals surface area contributed by atoms with Crippen LogP contribution < -0.4 is 10.6 Å². The van der Waals surface area contributed by atoms with Gasteiger partial charge in [-0.2, -0.15) is 0 Å². The van der Waals surface area contributed by atoms with Crippen LogP contribution in [0.5, 0.6) is 0 Å². The normalized spacial score (nSPS) is 17.0. The second-order valence-electron chi connectivity index (χ2n) is 6.05. The van der Waals surface area contributed by atoms with Gasteiger partial charge in [0.1, 0.15) is 0 Å². The molecule has 0 unspecified atom stereocenters. The molecule has 1 aliphatic rings. The second kappa shape index (κ2) is 12.7. The number of hydrogen-bond acceptors (Lipinski definition) is 3. The second-order valence-corrected chi connectivity index (χ2v) is 6.05. The molecular formula is C17H35N3O2. The third kappa shape index (κ3) is 8.59. The van der Waals surface area contributed by atoms with E-state index in [1.165, 1.54) is 12.8 Å². The minimum absolute atomic E-state index is 0.691. The van der Waals surface area contributed by atoms with Crippen molar-refractivity contribution in [2.24, 2.45) is 16.8 Å². The van der Waals surface area contributed by atoms with Gasteiger partial charge in [-0.25, -0.2) is 0 Å². The third-order valence-electron chi connectivity index (χ3n) is 4.39. The van der Waals surface area contributed by atoms with E-state index in [4.69, 9.17) is 9.47 Å². The zero-order chi connectivity index (χ0) is 16.0. The van der Waals surface area contributed by atoms with Crippen molar-refractivity contribution in [1.82, 2.24) is 10.6 Å². The molecule has 0 bridgehead atoms. The summed E-state index contributed by atoms with van der Waals surface area (Å²) in [7, 11) is 1.82. The highest BCUT2D eigenvalue weighted by atomic mass is 16.5. The highest BCUT2D eigenvalue weighted by Crippen LogP contribution is 2.14. The van der Waals surface area contributed by atoms with Crippen molar-refractivity contribution in [3.63, 3.8) is 0 Å². The van der Waals surface area contributed by atoms with Gasteiger partial charge >= 0.3 is 0 Å². The summed E-state index contributed by atoms with van der Waals surface area (Å²) >= 11 is 0. The van der Waals surface area contributed by atoms with E-state index >= 15 is 0 Å². The Labute approximate surface area is 136 Å². The van der Waals surface area contributed by atoms with E-state index in [1.807, 2.05) is 7.05 Å². The predicted molar refractivity (Wildman–Crippen MR) is 92.4 cm³/mol. The molecule has 1 saturated heterocycles. The van der Waals surface area contributed by atoms with Crippen LogP contribution in [0.15, 0.2) is 4.99 Å². The highest BCUT2D eigenvalue weighted by Gasteiger charge is 2.13. The summed E-state index contributed by atoms with van der Waals surface area (Å²) in [6, 6.07) is 0. The van der Waals surface area contributed by atoms with Crippen molar-refractivity contribution in [2.45, 2.75) is 46.0 Å². The minimum Gasteiger partial charge on any atom is -0.381 e. The quantitative estimate of drug-likeness (QED) is 0.369. The van der Waals surface area contributed by atoms with Crippen LogP contribution in [0.3, 0.4) is 0 Å². The van der Waals surface area contributed by atoms with Crippen molar-refractivity contribution >= 4 is 5.96 Å². The van der Waals surface area contributed by atoms with Gasteiger partial charge in [0.15, 0.2) is 5.96 Å². The number of ether oxygens (including phenoxy) is 2. The fourth-order valence-electron chi connectivity index (χ4n) is 2.58. The molecule has 1 heterocycles. The Balaban J connectivity index is 1.99. The first-order valence-electron chi connectivity index (χ1n) is 8.90. The van der Waals surface area contributed by atoms with Gasteiger partial charge in [0.25, 0.3) is 0 Å². The molecule has 5 nitrogen and oxygen atoms in total. The molecule has 0 aromatic carbocycles. The molecule has 0 aliphatic carbocycles. The topological polar surface area (TPSA) is 54.9 Å². The van der Waals surface area contributed by atoms with E-state index in [0.717, 1.165) is 70.7 Å². The van der Waals surface area contributed by atoms with Crippen LogP contribution in [0.2, 0.25) is 0 Å². The molecule has 0 saturated carbocycles. The summed E-state index contributed by atoms with van der Waals surface area (Å²) < 4.78 is 11.1. The van der Waals surface area contributed by atoms with Crippen LogP contribution in [0, 0.1) is 11.8 Å². The van der Waals surface area contributed by atoms with Gasteiger partial charge in [0.05, 0.1) is 0 Å². The van der Waals surface area contributed by atoms with Crippen LogP contribution in [-0.2, 0) is 9.47 Å². The minimum atomic E-state index is 0.691. The lowest BCUT2D eigenvalue weighted by Gasteiger charge is -2.21. The Bertz CT molecular complexity index is 288. The van der Waals surface area contributed by atoms with E-state index in [-0.39, 0.29) is 0 Å². The Kier molecular flexibility index (Phi) is 11.1. The molecule has 0 amide bonds. The molecule has 5 heteroatoms. The lowest BCUT2D eigenvalue weighted by Crippen LogP contribution is -2.40. The Morgan fingerprint density at radius 2 is 1.95 bits per heavy atom. The molecule has 0 spiro atoms. The summed E-state index contributed by atoms with van der Waals surface area (Å²) in [6.45, 7) is 9.86. The zero-order valence-corrected chi connectivity index (χ0v) is 14.7. The largest absolute Gasteiger partial charge is 0.381 e. The predicted octanol–water partition coefficient (Wildman–Crippen LogP) is 2.42. The Hall–Kier alpha value is -0.810. The zero-order valence-electron chi connectivity index (χ0n) is 14.7. The first kappa shape index (κ1) is 19.2. The number of nitrogens with zero attached hydrogens (tertiary/aromatic N) is 1. The molecule has 2 N–H and O–H groups in total. The van der Waals surface area contributed by atoms with Crippen LogP contribution in [0.4, 0.5) is 0 Å². The van der Waals surface area contributed by atoms with Crippen molar-refractivity contribution in [3.8, 4) is 0 Å². The average Bonchev–Trinajstić information content (AvgIpc) is 2.57. The van der Waals surface area contributed by atoms with E-state index in [0.29, 0.717) is 5.92 Å². The lowest BCUT2D eigenvalue weighted by atomic mass is 10.0. The van der Waals surface area contributed by atoms with Gasteiger partial charge in [0, 0.05) is 46.6 Å². The standard InChI is InChI=1S/C17H35N3O2/c1-4-15(5-2)13-20-17(18-3)19-9-6-10-22-14-16-7-11-21-12-8-16/h15-16H,4-14H2,1-3H3,(H2,18,19,20). The van der Waals surface area contributed by atoms with E-state index < -0.39 is 0 Å². The molecule has 0 aromatic rings. The fraction of sp³-hybridized carbons (Fsp3) is 0.941. The van der Waals surface area contributed by atoms with Gasteiger partial charge in [-0.15, -0.1) is 0 Å². The summed E-state index contributed by atoms with van der Waals surface area (Å²) in [4.78, 5) is 4.26. The van der Waals surface area contributed by atoms with Gasteiger partial charge < -0.3 is 20.1 Å². The molecule has 1 aliphatic heterocycles. The molecule has 1 rings (SSSR count). The van der Waals surface area contributed by atoms with Crippen molar-refractivity contribution in [3.05, 3.63) is 0 Å². The van der Waals surface area contributed by atoms with E-state index in [2.05, 4.69) is 29.5 Å². The lowest BCUT2D eigenvalue weighted by molar-refractivity contribution is 0.0203. The molecule has 130 valence electrons. The molecule has 1 fully saturated rings. The van der Waals surface area contributed by atoms with Gasteiger partial charge in [0.2, 0.25) is 0 Å². The first-order valence-corrected chi connectivity index (χ1v) is 8.90. The van der Waals surface area contributed by atoms with Crippen molar-refractivity contribution < 1.29 is 9.47 Å². The summed E-state index contributed by atoms with van der Waals surface area (Å²) in [5, 5.41) is 6.75. The van der Waals surface area contributed by atoms with Crippen LogP contribution in [-0.4, -0.2) is 52.5 Å². The Morgan fingerprint density at radius 1 is 1.23 bits per heavy atom. The van der Waals surface area contributed by atoms with Gasteiger partial charge in [-0.3, -0.25) is 4.99 Å². The van der Waals surface area contributed by atoms with Crippen molar-refractivity contribution in [1.29, 1.82) is 0 Å². The van der Waals surface area contributed by atoms with Crippen LogP contribution in [0.25, 0.3) is 0 Å². The molecular weight excluding hydrogens is 278 g/mol. The fourth-order valence-corrected chi connectivity index (χ4v) is 2.58. The Morgan fingerprint density at radius 3 is 2.59 bits per heavy atom. The summed E-state index contributed by atoms with van der Waals surface area (Å²) in [6.07, 6.45) is 5.71. The highest BCUT2D eigenvalue weighted by molar-refractivity contribution is 5.79. The molecule has 0 atom stereocenters. The average molecular weight is 313 g/mol. The third-order valence-corrected chi connectivity index (χ3v) is 4.39. The molecule has 0 aromatic heterocycles. The maximum Gasteiger partial charge on any atom is 0.190 e. The first-order chi connectivity index (χ1) is 10.8. The van der Waals surface area contributed by atoms with Crippen LogP contribution in [0.1, 0.15) is 46.0 Å². The summed E-state index contributed by atoms with van der Waals surface area (Å²) in [5.41, 5.74) is 0. The number of aliphatic imine (C=N–C) groups is 1. The molecule has 22 heavy (non-hydrogen) atoms.